The van der Waals surface area contributed by atoms with E-state index in [0.29, 0.717) is 16.7 Å². The predicted molar refractivity (Wildman–Crippen MR) is 64.7 cm³/mol. The Morgan fingerprint density at radius 2 is 2.44 bits per heavy atom. The van der Waals surface area contributed by atoms with Crippen LogP contribution in [0.3, 0.4) is 0 Å². The first-order valence-corrected chi connectivity index (χ1v) is 5.86. The Bertz CT molecular complexity index is 389. The van der Waals surface area contributed by atoms with Gasteiger partial charge in [0.25, 0.3) is 0 Å². The standard InChI is InChI=1S/C9H11BrClN3O2/c1-2-5(3-7(15)16)13-8-6(10)4-12-9(11)14-8/h4-5H,2-3H2,1H3,(H,15,16)(H,12,13,14). The van der Waals surface area contributed by atoms with Crippen molar-refractivity contribution in [2.24, 2.45) is 0 Å². The molecule has 0 saturated carbocycles. The third-order valence-corrected chi connectivity index (χ3v) is 2.73. The Labute approximate surface area is 106 Å². The molecule has 88 valence electrons. The second kappa shape index (κ2) is 6.00. The molecule has 0 aliphatic heterocycles. The molecule has 0 bridgehead atoms. The number of nitrogens with one attached hydrogen (secondary N) is 1. The lowest BCUT2D eigenvalue weighted by molar-refractivity contribution is -0.137. The predicted octanol–water partition coefficient (Wildman–Crippen LogP) is 2.56. The smallest absolute Gasteiger partial charge is 0.305 e. The molecule has 5 nitrogen and oxygen atoms in total. The molecular formula is C9H11BrClN3O2. The van der Waals surface area contributed by atoms with Crippen molar-refractivity contribution >= 4 is 39.3 Å². The van der Waals surface area contributed by atoms with Crippen LogP contribution in [0.25, 0.3) is 0 Å². The van der Waals surface area contributed by atoms with Gasteiger partial charge in [-0.2, -0.15) is 4.98 Å². The Kier molecular flexibility index (Phi) is 4.95. The first-order chi connectivity index (χ1) is 7.52. The van der Waals surface area contributed by atoms with E-state index in [2.05, 4.69) is 31.2 Å². The topological polar surface area (TPSA) is 75.1 Å². The number of carbonyl (C=O) groups is 1. The van der Waals surface area contributed by atoms with Gasteiger partial charge in [0.2, 0.25) is 5.28 Å². The second-order valence-corrected chi connectivity index (χ2v) is 4.38. The first kappa shape index (κ1) is 13.2. The van der Waals surface area contributed by atoms with Crippen molar-refractivity contribution in [1.29, 1.82) is 0 Å². The number of halogens is 2. The van der Waals surface area contributed by atoms with Gasteiger partial charge in [-0.05, 0) is 34.0 Å². The minimum absolute atomic E-state index is 0.0323. The number of hydrogen-bond acceptors (Lipinski definition) is 4. The van der Waals surface area contributed by atoms with Crippen molar-refractivity contribution in [3.63, 3.8) is 0 Å². The molecule has 7 heteroatoms. The number of anilines is 1. The summed E-state index contributed by atoms with van der Waals surface area (Å²) in [5.41, 5.74) is 0. The third kappa shape index (κ3) is 3.94. The van der Waals surface area contributed by atoms with Gasteiger partial charge in [0.05, 0.1) is 10.9 Å². The molecule has 0 spiro atoms. The van der Waals surface area contributed by atoms with Crippen LogP contribution in [0, 0.1) is 0 Å². The van der Waals surface area contributed by atoms with Crippen molar-refractivity contribution in [3.8, 4) is 0 Å². The lowest BCUT2D eigenvalue weighted by Gasteiger charge is -2.16. The molecule has 0 fully saturated rings. The van der Waals surface area contributed by atoms with E-state index in [4.69, 9.17) is 16.7 Å². The van der Waals surface area contributed by atoms with Gasteiger partial charge in [-0.15, -0.1) is 0 Å². The van der Waals surface area contributed by atoms with Gasteiger partial charge >= 0.3 is 5.97 Å². The summed E-state index contributed by atoms with van der Waals surface area (Å²) >= 11 is 8.91. The molecule has 1 rings (SSSR count). The Hall–Kier alpha value is -0.880. The minimum atomic E-state index is -0.851. The van der Waals surface area contributed by atoms with E-state index >= 15 is 0 Å². The molecule has 1 unspecified atom stereocenters. The summed E-state index contributed by atoms with van der Waals surface area (Å²) in [6.45, 7) is 1.90. The number of nitrogens with zero attached hydrogens (tertiary/aromatic N) is 2. The molecule has 0 aromatic carbocycles. The van der Waals surface area contributed by atoms with Gasteiger partial charge in [0.15, 0.2) is 0 Å². The van der Waals surface area contributed by atoms with Crippen molar-refractivity contribution in [2.75, 3.05) is 5.32 Å². The summed E-state index contributed by atoms with van der Waals surface area (Å²) in [5.74, 6) is -0.344. The highest BCUT2D eigenvalue weighted by Crippen LogP contribution is 2.21. The van der Waals surface area contributed by atoms with Crippen LogP contribution in [-0.4, -0.2) is 27.1 Å². The lowest BCUT2D eigenvalue weighted by Crippen LogP contribution is -2.23. The molecular weight excluding hydrogens is 297 g/mol. The quantitative estimate of drug-likeness (QED) is 0.818. The van der Waals surface area contributed by atoms with Gasteiger partial charge < -0.3 is 10.4 Å². The van der Waals surface area contributed by atoms with Gasteiger partial charge in [-0.1, -0.05) is 6.92 Å². The fraction of sp³-hybridized carbons (Fsp3) is 0.444. The molecule has 0 radical (unpaired) electrons. The van der Waals surface area contributed by atoms with Crippen molar-refractivity contribution in [2.45, 2.75) is 25.8 Å². The highest BCUT2D eigenvalue weighted by molar-refractivity contribution is 9.10. The van der Waals surface area contributed by atoms with E-state index in [-0.39, 0.29) is 17.7 Å². The van der Waals surface area contributed by atoms with Crippen LogP contribution >= 0.6 is 27.5 Å². The van der Waals surface area contributed by atoms with E-state index < -0.39 is 5.97 Å². The fourth-order valence-electron chi connectivity index (χ4n) is 1.15. The Morgan fingerprint density at radius 1 is 1.75 bits per heavy atom. The third-order valence-electron chi connectivity index (χ3n) is 1.97. The van der Waals surface area contributed by atoms with E-state index in [1.807, 2.05) is 6.92 Å². The monoisotopic (exact) mass is 307 g/mol. The number of aromatic nitrogens is 2. The Balaban J connectivity index is 2.77. The zero-order valence-corrected chi connectivity index (χ0v) is 10.9. The summed E-state index contributed by atoms with van der Waals surface area (Å²) < 4.78 is 0.653. The molecule has 2 N–H and O–H groups in total. The van der Waals surface area contributed by atoms with Crippen LogP contribution in [0.15, 0.2) is 10.7 Å². The summed E-state index contributed by atoms with van der Waals surface area (Å²) in [6.07, 6.45) is 2.23. The zero-order chi connectivity index (χ0) is 12.1. The fourth-order valence-corrected chi connectivity index (χ4v) is 1.59. The summed E-state index contributed by atoms with van der Waals surface area (Å²) in [7, 11) is 0. The van der Waals surface area contributed by atoms with Crippen LogP contribution in [0.2, 0.25) is 5.28 Å². The molecule has 0 amide bonds. The molecule has 16 heavy (non-hydrogen) atoms. The van der Waals surface area contributed by atoms with E-state index in [1.54, 1.807) is 0 Å². The normalized spacial score (nSPS) is 12.2. The minimum Gasteiger partial charge on any atom is -0.481 e. The summed E-state index contributed by atoms with van der Waals surface area (Å²) in [6, 6.07) is -0.181. The van der Waals surface area contributed by atoms with E-state index in [9.17, 15) is 4.79 Å². The van der Waals surface area contributed by atoms with Crippen LogP contribution in [0.1, 0.15) is 19.8 Å². The van der Waals surface area contributed by atoms with Crippen LogP contribution in [0.5, 0.6) is 0 Å². The maximum Gasteiger partial charge on any atom is 0.305 e. The maximum absolute atomic E-state index is 10.6. The number of carboxylic acid groups (broad SMARTS) is 1. The van der Waals surface area contributed by atoms with Crippen molar-refractivity contribution in [1.82, 2.24) is 9.97 Å². The lowest BCUT2D eigenvalue weighted by atomic mass is 10.1. The molecule has 0 saturated heterocycles. The number of rotatable bonds is 5. The van der Waals surface area contributed by atoms with E-state index in [0.717, 1.165) is 0 Å². The van der Waals surface area contributed by atoms with Gasteiger partial charge in [-0.3, -0.25) is 4.79 Å². The van der Waals surface area contributed by atoms with Gasteiger partial charge in [-0.25, -0.2) is 4.98 Å². The molecule has 0 aliphatic carbocycles. The molecule has 1 heterocycles. The van der Waals surface area contributed by atoms with Crippen LogP contribution < -0.4 is 5.32 Å². The first-order valence-electron chi connectivity index (χ1n) is 4.69. The molecule has 1 atom stereocenters. The highest BCUT2D eigenvalue weighted by Gasteiger charge is 2.13. The molecule has 1 aromatic rings. The number of aliphatic carboxylic acids is 1. The van der Waals surface area contributed by atoms with E-state index in [1.165, 1.54) is 6.20 Å². The summed E-state index contributed by atoms with van der Waals surface area (Å²) in [5, 5.41) is 11.8. The average Bonchev–Trinajstić information content (AvgIpc) is 2.21. The zero-order valence-electron chi connectivity index (χ0n) is 8.57. The number of hydrogen-bond donors (Lipinski definition) is 2. The second-order valence-electron chi connectivity index (χ2n) is 3.18. The maximum atomic E-state index is 10.6. The van der Waals surface area contributed by atoms with Crippen molar-refractivity contribution < 1.29 is 9.90 Å². The number of carboxylic acids is 1. The van der Waals surface area contributed by atoms with Crippen LogP contribution in [-0.2, 0) is 4.79 Å². The SMILES string of the molecule is CCC(CC(=O)O)Nc1nc(Cl)ncc1Br. The van der Waals surface area contributed by atoms with Gasteiger partial charge in [0.1, 0.15) is 5.82 Å². The summed E-state index contributed by atoms with van der Waals surface area (Å²) in [4.78, 5) is 18.4. The highest BCUT2D eigenvalue weighted by atomic mass is 79.9. The largest absolute Gasteiger partial charge is 0.481 e. The Morgan fingerprint density at radius 3 is 3.00 bits per heavy atom. The molecule has 1 aromatic heterocycles. The average molecular weight is 309 g/mol. The van der Waals surface area contributed by atoms with Crippen LogP contribution in [0.4, 0.5) is 5.82 Å². The van der Waals surface area contributed by atoms with Gasteiger partial charge in [0, 0.05) is 12.2 Å². The molecule has 0 aliphatic rings. The van der Waals surface area contributed by atoms with Crippen molar-refractivity contribution in [3.05, 3.63) is 16.0 Å².